The maximum Gasteiger partial charge on any atom is 0.433 e. The van der Waals surface area contributed by atoms with Gasteiger partial charge in [0, 0.05) is 11.4 Å². The molecule has 0 aliphatic heterocycles. The van der Waals surface area contributed by atoms with Gasteiger partial charge in [-0.05, 0) is 12.5 Å². The third-order valence-electron chi connectivity index (χ3n) is 2.42. The minimum atomic E-state index is -4.99. The number of aromatic nitrogens is 1. The summed E-state index contributed by atoms with van der Waals surface area (Å²) in [7, 11) is 0. The molecule has 0 saturated carbocycles. The molecule has 3 nitrogen and oxygen atoms in total. The first-order valence-corrected chi connectivity index (χ1v) is 5.32. The van der Waals surface area contributed by atoms with Crippen LogP contribution in [-0.2, 0) is 12.1 Å². The highest BCUT2D eigenvalue weighted by Gasteiger charge is 2.39. The molecule has 1 aromatic rings. The Kier molecular flexibility index (Phi) is 4.34. The van der Waals surface area contributed by atoms with E-state index in [9.17, 15) is 26.7 Å². The fourth-order valence-corrected chi connectivity index (χ4v) is 1.92. The maximum atomic E-state index is 12.7. The van der Waals surface area contributed by atoms with Crippen molar-refractivity contribution in [1.29, 1.82) is 0 Å². The lowest BCUT2D eigenvalue weighted by Crippen LogP contribution is -2.19. The average Bonchev–Trinajstić information content (AvgIpc) is 2.25. The molecule has 1 heterocycles. The number of carboxylic acids is 1. The molecule has 0 atom stereocenters. The largest absolute Gasteiger partial charge is 0.478 e. The van der Waals surface area contributed by atoms with Crippen LogP contribution in [0.3, 0.4) is 0 Å². The summed E-state index contributed by atoms with van der Waals surface area (Å²) in [6.07, 6.45) is -8.43. The molecule has 0 radical (unpaired) electrons. The lowest BCUT2D eigenvalue weighted by atomic mass is 10.00. The van der Waals surface area contributed by atoms with E-state index in [0.29, 0.717) is 0 Å². The van der Waals surface area contributed by atoms with Crippen molar-refractivity contribution in [3.8, 4) is 0 Å². The topological polar surface area (TPSA) is 50.2 Å². The zero-order valence-corrected chi connectivity index (χ0v) is 10.1. The van der Waals surface area contributed by atoms with Crippen molar-refractivity contribution in [2.75, 3.05) is 0 Å². The van der Waals surface area contributed by atoms with Gasteiger partial charge in [-0.15, -0.1) is 11.6 Å². The van der Waals surface area contributed by atoms with E-state index >= 15 is 0 Å². The van der Waals surface area contributed by atoms with Gasteiger partial charge < -0.3 is 5.11 Å². The van der Waals surface area contributed by atoms with E-state index in [0.717, 1.165) is 6.92 Å². The second-order valence-electron chi connectivity index (χ2n) is 3.56. The number of alkyl halides is 6. The molecule has 0 fully saturated rings. The maximum absolute atomic E-state index is 12.7. The van der Waals surface area contributed by atoms with Crippen molar-refractivity contribution in [2.24, 2.45) is 0 Å². The summed E-state index contributed by atoms with van der Waals surface area (Å²) in [5.74, 6) is -2.46. The van der Waals surface area contributed by atoms with Crippen LogP contribution in [-0.4, -0.2) is 16.1 Å². The van der Waals surface area contributed by atoms with E-state index in [-0.39, 0.29) is 0 Å². The van der Waals surface area contributed by atoms with E-state index in [1.54, 1.807) is 0 Å². The van der Waals surface area contributed by atoms with Crippen LogP contribution in [0, 0.1) is 6.92 Å². The smallest absolute Gasteiger partial charge is 0.433 e. The van der Waals surface area contributed by atoms with E-state index in [2.05, 4.69) is 4.98 Å². The van der Waals surface area contributed by atoms with Gasteiger partial charge in [0.15, 0.2) is 0 Å². The van der Waals surface area contributed by atoms with E-state index < -0.39 is 52.5 Å². The molecule has 0 unspecified atom stereocenters. The number of hydrogen-bond acceptors (Lipinski definition) is 2. The van der Waals surface area contributed by atoms with Crippen molar-refractivity contribution < 1.29 is 31.9 Å². The Morgan fingerprint density at radius 3 is 2.26 bits per heavy atom. The van der Waals surface area contributed by atoms with Crippen LogP contribution in [0.15, 0.2) is 0 Å². The van der Waals surface area contributed by atoms with Gasteiger partial charge in [0.25, 0.3) is 6.43 Å². The third-order valence-corrected chi connectivity index (χ3v) is 2.69. The number of pyridine rings is 1. The monoisotopic (exact) mass is 303 g/mol. The van der Waals surface area contributed by atoms with Crippen LogP contribution in [0.25, 0.3) is 0 Å². The first-order chi connectivity index (χ1) is 8.61. The molecule has 106 valence electrons. The fraction of sp³-hybridized carbons (Fsp3) is 0.400. The van der Waals surface area contributed by atoms with Crippen molar-refractivity contribution in [2.45, 2.75) is 25.4 Å². The molecule has 1 aromatic heterocycles. The molecule has 0 spiro atoms. The zero-order valence-electron chi connectivity index (χ0n) is 9.35. The first-order valence-electron chi connectivity index (χ1n) is 4.79. The highest BCUT2D eigenvalue weighted by atomic mass is 35.5. The Morgan fingerprint density at radius 2 is 1.95 bits per heavy atom. The van der Waals surface area contributed by atoms with Crippen LogP contribution in [0.2, 0.25) is 0 Å². The standard InChI is InChI=1S/C10H7ClF5NO2/c1-3-4(2-11)7(10(14,15)16)17-6(8(12)13)5(3)9(18)19/h8H,2H2,1H3,(H,18,19). The molecule has 0 aliphatic rings. The van der Waals surface area contributed by atoms with Gasteiger partial charge in [0.1, 0.15) is 11.4 Å². The van der Waals surface area contributed by atoms with Crippen LogP contribution < -0.4 is 0 Å². The molecule has 1 rings (SSSR count). The quantitative estimate of drug-likeness (QED) is 0.683. The summed E-state index contributed by atoms with van der Waals surface area (Å²) < 4.78 is 63.3. The fourth-order valence-electron chi connectivity index (χ4n) is 1.59. The molecule has 0 aliphatic carbocycles. The highest BCUT2D eigenvalue weighted by Crippen LogP contribution is 2.36. The van der Waals surface area contributed by atoms with Gasteiger partial charge in [-0.25, -0.2) is 18.6 Å². The minimum absolute atomic E-state index is 0.458. The van der Waals surface area contributed by atoms with Crippen molar-refractivity contribution in [1.82, 2.24) is 4.98 Å². The first kappa shape index (κ1) is 15.6. The van der Waals surface area contributed by atoms with Gasteiger partial charge in [0.05, 0.1) is 5.56 Å². The van der Waals surface area contributed by atoms with Gasteiger partial charge in [0.2, 0.25) is 0 Å². The van der Waals surface area contributed by atoms with Crippen LogP contribution in [0.1, 0.15) is 39.3 Å². The lowest BCUT2D eigenvalue weighted by Gasteiger charge is -2.17. The number of carbonyl (C=O) groups is 1. The number of rotatable bonds is 3. The molecule has 0 amide bonds. The summed E-state index contributed by atoms with van der Waals surface area (Å²) >= 11 is 5.33. The van der Waals surface area contributed by atoms with Gasteiger partial charge in [-0.2, -0.15) is 13.2 Å². The summed E-state index contributed by atoms with van der Waals surface area (Å²) in [5, 5.41) is 8.81. The Morgan fingerprint density at radius 1 is 1.42 bits per heavy atom. The Balaban J connectivity index is 3.76. The molecule has 0 aromatic carbocycles. The lowest BCUT2D eigenvalue weighted by molar-refractivity contribution is -0.142. The number of aromatic carboxylic acids is 1. The number of hydrogen-bond donors (Lipinski definition) is 1. The predicted molar refractivity (Wildman–Crippen MR) is 55.4 cm³/mol. The molecular weight excluding hydrogens is 297 g/mol. The summed E-state index contributed by atoms with van der Waals surface area (Å²) in [6, 6.07) is 0. The summed E-state index contributed by atoms with van der Waals surface area (Å²) in [6.45, 7) is 0.990. The summed E-state index contributed by atoms with van der Waals surface area (Å²) in [4.78, 5) is 13.6. The number of nitrogens with zero attached hydrogens (tertiary/aromatic N) is 1. The van der Waals surface area contributed by atoms with Crippen molar-refractivity contribution >= 4 is 17.6 Å². The van der Waals surface area contributed by atoms with E-state index in [1.807, 2.05) is 0 Å². The molecule has 9 heteroatoms. The zero-order chi connectivity index (χ0) is 15.0. The SMILES string of the molecule is Cc1c(CCl)c(C(F)(F)F)nc(C(F)F)c1C(=O)O. The highest BCUT2D eigenvalue weighted by molar-refractivity contribution is 6.17. The molecule has 0 bridgehead atoms. The molecule has 1 N–H and O–H groups in total. The van der Waals surface area contributed by atoms with Crippen molar-refractivity contribution in [3.63, 3.8) is 0 Å². The van der Waals surface area contributed by atoms with E-state index in [1.165, 1.54) is 0 Å². The van der Waals surface area contributed by atoms with Crippen LogP contribution in [0.4, 0.5) is 22.0 Å². The Bertz CT molecular complexity index is 516. The Hall–Kier alpha value is -1.44. The van der Waals surface area contributed by atoms with Gasteiger partial charge in [-0.1, -0.05) is 0 Å². The van der Waals surface area contributed by atoms with Gasteiger partial charge >= 0.3 is 12.1 Å². The number of halogens is 6. The van der Waals surface area contributed by atoms with E-state index in [4.69, 9.17) is 16.7 Å². The second kappa shape index (κ2) is 5.28. The van der Waals surface area contributed by atoms with Crippen molar-refractivity contribution in [3.05, 3.63) is 28.1 Å². The second-order valence-corrected chi connectivity index (χ2v) is 3.83. The van der Waals surface area contributed by atoms with Crippen LogP contribution in [0.5, 0.6) is 0 Å². The number of carboxylic acid groups (broad SMARTS) is 1. The third kappa shape index (κ3) is 2.94. The summed E-state index contributed by atoms with van der Waals surface area (Å²) in [5.41, 5.74) is -5.01. The van der Waals surface area contributed by atoms with Gasteiger partial charge in [-0.3, -0.25) is 0 Å². The minimum Gasteiger partial charge on any atom is -0.478 e. The molecule has 19 heavy (non-hydrogen) atoms. The average molecular weight is 304 g/mol. The molecule has 0 saturated heterocycles. The Labute approximate surface area is 109 Å². The normalized spacial score (nSPS) is 12.0. The van der Waals surface area contributed by atoms with Crippen LogP contribution >= 0.6 is 11.6 Å². The molecular formula is C10H7ClF5NO2. The predicted octanol–water partition coefficient (Wildman–Crippen LogP) is 3.78.